The van der Waals surface area contributed by atoms with E-state index in [2.05, 4.69) is 9.55 Å². The number of aliphatic carboxylic acids is 1. The third-order valence-electron chi connectivity index (χ3n) is 3.76. The van der Waals surface area contributed by atoms with Gasteiger partial charge in [0.05, 0.1) is 30.1 Å². The number of aryl methyl sites for hydroxylation is 1. The van der Waals surface area contributed by atoms with Crippen LogP contribution in [0.3, 0.4) is 0 Å². The Morgan fingerprint density at radius 1 is 1.52 bits per heavy atom. The summed E-state index contributed by atoms with van der Waals surface area (Å²) in [6, 6.07) is 5.58. The van der Waals surface area contributed by atoms with Crippen molar-refractivity contribution >= 4 is 28.6 Å². The molecule has 0 spiro atoms. The van der Waals surface area contributed by atoms with Crippen LogP contribution in [-0.2, 0) is 22.5 Å². The fraction of sp³-hybridized carbons (Fsp3) is 0.467. The lowest BCUT2D eigenvalue weighted by molar-refractivity contribution is -0.137. The van der Waals surface area contributed by atoms with Gasteiger partial charge in [0, 0.05) is 18.1 Å². The summed E-state index contributed by atoms with van der Waals surface area (Å²) in [5.41, 5.74) is 1.79. The second-order valence-electron chi connectivity index (χ2n) is 5.30. The van der Waals surface area contributed by atoms with Gasteiger partial charge < -0.3 is 14.4 Å². The van der Waals surface area contributed by atoms with E-state index >= 15 is 0 Å². The lowest BCUT2D eigenvalue weighted by atomic mass is 10.2. The number of fused-ring (bicyclic) bond motifs is 1. The predicted molar refractivity (Wildman–Crippen MR) is 79.7 cm³/mol. The Labute approximate surface area is 127 Å². The molecule has 1 N–H and O–H groups in total. The number of hydrogen-bond acceptors (Lipinski definition) is 3. The van der Waals surface area contributed by atoms with E-state index in [1.54, 1.807) is 0 Å². The lowest BCUT2D eigenvalue weighted by Gasteiger charge is -2.14. The summed E-state index contributed by atoms with van der Waals surface area (Å²) in [5, 5.41) is 9.52. The first kappa shape index (κ1) is 14.4. The Morgan fingerprint density at radius 2 is 2.38 bits per heavy atom. The molecule has 21 heavy (non-hydrogen) atoms. The minimum Gasteiger partial charge on any atom is -0.481 e. The molecule has 0 amide bonds. The third kappa shape index (κ3) is 3.19. The van der Waals surface area contributed by atoms with Crippen molar-refractivity contribution in [3.05, 3.63) is 29.0 Å². The molecule has 1 saturated heterocycles. The molecule has 1 fully saturated rings. The topological polar surface area (TPSA) is 64.3 Å². The highest BCUT2D eigenvalue weighted by Crippen LogP contribution is 2.24. The van der Waals surface area contributed by atoms with Crippen LogP contribution in [0, 0.1) is 0 Å². The molecule has 0 unspecified atom stereocenters. The normalized spacial score (nSPS) is 18.4. The van der Waals surface area contributed by atoms with Crippen LogP contribution in [0.1, 0.15) is 25.1 Å². The molecule has 1 aromatic carbocycles. The summed E-state index contributed by atoms with van der Waals surface area (Å²) < 4.78 is 7.76. The summed E-state index contributed by atoms with van der Waals surface area (Å²) in [6.45, 7) is 1.51. The number of carboxylic acid groups (broad SMARTS) is 1. The molecule has 0 aliphatic carbocycles. The highest BCUT2D eigenvalue weighted by atomic mass is 35.5. The van der Waals surface area contributed by atoms with Crippen molar-refractivity contribution in [2.75, 3.05) is 6.61 Å². The van der Waals surface area contributed by atoms with Crippen LogP contribution in [-0.4, -0.2) is 33.3 Å². The van der Waals surface area contributed by atoms with Crippen LogP contribution in [0.25, 0.3) is 11.0 Å². The maximum Gasteiger partial charge on any atom is 0.303 e. The van der Waals surface area contributed by atoms with Gasteiger partial charge in [-0.05, 0) is 31.0 Å². The van der Waals surface area contributed by atoms with E-state index in [-0.39, 0.29) is 12.5 Å². The molecule has 1 aliphatic heterocycles. The monoisotopic (exact) mass is 308 g/mol. The van der Waals surface area contributed by atoms with Crippen LogP contribution in [0.5, 0.6) is 0 Å². The summed E-state index contributed by atoms with van der Waals surface area (Å²) in [7, 11) is 0. The van der Waals surface area contributed by atoms with Crippen molar-refractivity contribution in [2.45, 2.75) is 38.3 Å². The average molecular weight is 309 g/mol. The quantitative estimate of drug-likeness (QED) is 0.922. The van der Waals surface area contributed by atoms with E-state index in [0.717, 1.165) is 36.3 Å². The van der Waals surface area contributed by atoms with Gasteiger partial charge >= 0.3 is 5.97 Å². The second-order valence-corrected chi connectivity index (χ2v) is 5.74. The van der Waals surface area contributed by atoms with Gasteiger partial charge in [-0.15, -0.1) is 0 Å². The van der Waals surface area contributed by atoms with Crippen molar-refractivity contribution < 1.29 is 14.6 Å². The Hall–Kier alpha value is -1.59. The van der Waals surface area contributed by atoms with Gasteiger partial charge in [-0.3, -0.25) is 4.79 Å². The minimum absolute atomic E-state index is 0.0720. The van der Waals surface area contributed by atoms with Gasteiger partial charge in [0.15, 0.2) is 0 Å². The molecule has 5 nitrogen and oxygen atoms in total. The molecular formula is C15H17ClN2O3. The van der Waals surface area contributed by atoms with Gasteiger partial charge in [0.25, 0.3) is 0 Å². The Morgan fingerprint density at radius 3 is 3.10 bits per heavy atom. The van der Waals surface area contributed by atoms with Crippen molar-refractivity contribution in [2.24, 2.45) is 0 Å². The van der Waals surface area contributed by atoms with Crippen molar-refractivity contribution in [3.63, 3.8) is 0 Å². The Bertz CT molecular complexity index is 662. The summed E-state index contributed by atoms with van der Waals surface area (Å²) >= 11 is 6.01. The molecule has 2 heterocycles. The molecule has 1 aliphatic rings. The summed E-state index contributed by atoms with van der Waals surface area (Å²) in [4.78, 5) is 15.4. The maximum atomic E-state index is 10.8. The smallest absolute Gasteiger partial charge is 0.303 e. The standard InChI is InChI=1S/C15H17ClN2O3/c16-10-3-4-13-12(8-10)17-14(5-6-15(19)20)18(13)9-11-2-1-7-21-11/h3-4,8,11H,1-2,5-7,9H2,(H,19,20)/t11-/m0/s1. The van der Waals surface area contributed by atoms with Crippen LogP contribution in [0.2, 0.25) is 5.02 Å². The Kier molecular flexibility index (Phi) is 4.12. The number of carbonyl (C=O) groups is 1. The van der Waals surface area contributed by atoms with E-state index in [1.807, 2.05) is 18.2 Å². The number of rotatable bonds is 5. The molecule has 2 aromatic rings. The van der Waals surface area contributed by atoms with Gasteiger partial charge in [0.2, 0.25) is 0 Å². The van der Waals surface area contributed by atoms with Gasteiger partial charge in [-0.25, -0.2) is 4.98 Å². The van der Waals surface area contributed by atoms with Gasteiger partial charge in [0.1, 0.15) is 5.82 Å². The zero-order chi connectivity index (χ0) is 14.8. The molecule has 1 atom stereocenters. The first-order valence-corrected chi connectivity index (χ1v) is 7.49. The average Bonchev–Trinajstić information content (AvgIpc) is 3.05. The summed E-state index contributed by atoms with van der Waals surface area (Å²) in [6.07, 6.45) is 2.78. The van der Waals surface area contributed by atoms with Crippen LogP contribution in [0.4, 0.5) is 0 Å². The van der Waals surface area contributed by atoms with E-state index in [4.69, 9.17) is 21.4 Å². The molecule has 3 rings (SSSR count). The van der Waals surface area contributed by atoms with Crippen molar-refractivity contribution in [1.82, 2.24) is 9.55 Å². The lowest BCUT2D eigenvalue weighted by Crippen LogP contribution is -2.17. The SMILES string of the molecule is O=C(O)CCc1nc2cc(Cl)ccc2n1C[C@@H]1CCCO1. The van der Waals surface area contributed by atoms with Gasteiger partial charge in [-0.2, -0.15) is 0 Å². The number of halogens is 1. The predicted octanol–water partition coefficient (Wildman–Crippen LogP) is 2.89. The number of benzene rings is 1. The first-order chi connectivity index (χ1) is 10.1. The first-order valence-electron chi connectivity index (χ1n) is 7.11. The Balaban J connectivity index is 1.95. The zero-order valence-electron chi connectivity index (χ0n) is 11.6. The highest BCUT2D eigenvalue weighted by molar-refractivity contribution is 6.31. The molecule has 0 saturated carbocycles. The van der Waals surface area contributed by atoms with E-state index in [9.17, 15) is 4.79 Å². The molecule has 112 valence electrons. The van der Waals surface area contributed by atoms with Crippen molar-refractivity contribution in [1.29, 1.82) is 0 Å². The number of imidazole rings is 1. The fourth-order valence-electron chi connectivity index (χ4n) is 2.76. The van der Waals surface area contributed by atoms with Gasteiger partial charge in [-0.1, -0.05) is 11.6 Å². The summed E-state index contributed by atoms with van der Waals surface area (Å²) in [5.74, 6) is -0.0334. The molecule has 1 aromatic heterocycles. The number of hydrogen-bond donors (Lipinski definition) is 1. The van der Waals surface area contributed by atoms with E-state index in [1.165, 1.54) is 0 Å². The maximum absolute atomic E-state index is 10.8. The van der Waals surface area contributed by atoms with Crippen molar-refractivity contribution in [3.8, 4) is 0 Å². The zero-order valence-corrected chi connectivity index (χ0v) is 12.3. The van der Waals surface area contributed by atoms with Crippen LogP contribution < -0.4 is 0 Å². The molecule has 6 heteroatoms. The number of ether oxygens (including phenoxy) is 1. The van der Waals surface area contributed by atoms with E-state index in [0.29, 0.717) is 18.0 Å². The number of nitrogens with zero attached hydrogens (tertiary/aromatic N) is 2. The third-order valence-corrected chi connectivity index (χ3v) is 4.00. The fourth-order valence-corrected chi connectivity index (χ4v) is 2.92. The number of carboxylic acids is 1. The minimum atomic E-state index is -0.816. The number of aromatic nitrogens is 2. The molecular weight excluding hydrogens is 292 g/mol. The van der Waals surface area contributed by atoms with E-state index < -0.39 is 5.97 Å². The molecule has 0 radical (unpaired) electrons. The highest BCUT2D eigenvalue weighted by Gasteiger charge is 2.20. The molecule has 0 bridgehead atoms. The van der Waals surface area contributed by atoms with Crippen LogP contribution in [0.15, 0.2) is 18.2 Å². The largest absolute Gasteiger partial charge is 0.481 e. The second kappa shape index (κ2) is 6.03. The van der Waals surface area contributed by atoms with Crippen LogP contribution >= 0.6 is 11.6 Å².